The van der Waals surface area contributed by atoms with E-state index in [1.807, 2.05) is 0 Å². The first-order valence-corrected chi connectivity index (χ1v) is 9.48. The normalized spacial score (nSPS) is 15.8. The van der Waals surface area contributed by atoms with Crippen LogP contribution in [0.5, 0.6) is 11.5 Å². The van der Waals surface area contributed by atoms with Gasteiger partial charge in [0.2, 0.25) is 11.2 Å². The third kappa shape index (κ3) is 5.09. The van der Waals surface area contributed by atoms with Gasteiger partial charge in [-0.05, 0) is 17.7 Å². The summed E-state index contributed by atoms with van der Waals surface area (Å²) in [6.07, 6.45) is -0.185. The topological polar surface area (TPSA) is 109 Å². The van der Waals surface area contributed by atoms with E-state index >= 15 is 0 Å². The maximum atomic E-state index is 12.4. The largest absolute Gasteiger partial charge is 0.506 e. The molecule has 0 spiro atoms. The van der Waals surface area contributed by atoms with Gasteiger partial charge in [-0.15, -0.1) is 0 Å². The number of rotatable bonds is 6. The van der Waals surface area contributed by atoms with Crippen molar-refractivity contribution in [1.82, 2.24) is 4.90 Å². The summed E-state index contributed by atoms with van der Waals surface area (Å²) in [6, 6.07) is 5.61. The molecule has 1 fully saturated rings. The quantitative estimate of drug-likeness (QED) is 0.681. The highest BCUT2D eigenvalue weighted by molar-refractivity contribution is 6.32. The number of esters is 1. The average Bonchev–Trinajstić information content (AvgIpc) is 2.71. The summed E-state index contributed by atoms with van der Waals surface area (Å²) in [5.74, 6) is -1.76. The molecule has 0 unspecified atom stereocenters. The van der Waals surface area contributed by atoms with Crippen LogP contribution in [0.4, 0.5) is 0 Å². The van der Waals surface area contributed by atoms with E-state index < -0.39 is 23.1 Å². The van der Waals surface area contributed by atoms with Crippen molar-refractivity contribution in [3.8, 4) is 11.5 Å². The lowest BCUT2D eigenvalue weighted by atomic mass is 9.92. The second-order valence-corrected chi connectivity index (χ2v) is 7.13. The van der Waals surface area contributed by atoms with Crippen molar-refractivity contribution < 1.29 is 28.9 Å². The fraction of sp³-hybridized carbons (Fsp3) is 0.400. The second-order valence-electron chi connectivity index (χ2n) is 6.72. The molecular formula is C20H22ClNO7. The van der Waals surface area contributed by atoms with E-state index in [9.17, 15) is 19.8 Å². The Bertz CT molecular complexity index is 937. The average molecular weight is 424 g/mol. The van der Waals surface area contributed by atoms with Gasteiger partial charge in [-0.2, -0.15) is 0 Å². The number of aromatic hydroxyl groups is 2. The molecule has 1 aromatic heterocycles. The molecule has 1 aliphatic heterocycles. The van der Waals surface area contributed by atoms with E-state index in [2.05, 4.69) is 4.90 Å². The zero-order valence-electron chi connectivity index (χ0n) is 15.9. The van der Waals surface area contributed by atoms with Crippen molar-refractivity contribution >= 4 is 17.6 Å². The van der Waals surface area contributed by atoms with Gasteiger partial charge in [0, 0.05) is 19.2 Å². The molecule has 29 heavy (non-hydrogen) atoms. The minimum Gasteiger partial charge on any atom is -0.506 e. The van der Waals surface area contributed by atoms with Crippen molar-refractivity contribution in [2.24, 2.45) is 0 Å². The van der Waals surface area contributed by atoms with E-state index in [-0.39, 0.29) is 23.0 Å². The maximum Gasteiger partial charge on any atom is 0.306 e. The number of hydrogen-bond donors (Lipinski definition) is 2. The molecule has 2 N–H and O–H groups in total. The molecular weight excluding hydrogens is 402 g/mol. The Kier molecular flexibility index (Phi) is 6.79. The number of carbonyl (C=O) groups excluding carboxylic acids is 1. The number of benzene rings is 1. The van der Waals surface area contributed by atoms with Crippen LogP contribution in [0.3, 0.4) is 0 Å². The number of ether oxygens (including phenoxy) is 2. The monoisotopic (exact) mass is 423 g/mol. The molecule has 9 heteroatoms. The minimum atomic E-state index is -0.821. The summed E-state index contributed by atoms with van der Waals surface area (Å²) in [5, 5.41) is 20.2. The number of hydrogen-bond acceptors (Lipinski definition) is 8. The van der Waals surface area contributed by atoms with Gasteiger partial charge in [0.15, 0.2) is 5.76 Å². The van der Waals surface area contributed by atoms with Crippen LogP contribution in [0.1, 0.15) is 29.4 Å². The van der Waals surface area contributed by atoms with Crippen molar-refractivity contribution in [3.05, 3.63) is 56.6 Å². The first-order chi connectivity index (χ1) is 13.9. The number of phenolic OH excluding ortho intramolecular Hbond substituents is 1. The lowest BCUT2D eigenvalue weighted by molar-refractivity contribution is -0.140. The Morgan fingerprint density at radius 3 is 2.66 bits per heavy atom. The van der Waals surface area contributed by atoms with Gasteiger partial charge in [-0.1, -0.05) is 17.7 Å². The number of morpholine rings is 1. The fourth-order valence-electron chi connectivity index (χ4n) is 3.20. The van der Waals surface area contributed by atoms with Crippen molar-refractivity contribution in [2.45, 2.75) is 18.9 Å². The molecule has 1 saturated heterocycles. The third-order valence-electron chi connectivity index (χ3n) is 4.77. The molecule has 8 nitrogen and oxygen atoms in total. The Morgan fingerprint density at radius 1 is 1.28 bits per heavy atom. The summed E-state index contributed by atoms with van der Waals surface area (Å²) in [6.45, 7) is 2.93. The Morgan fingerprint density at radius 2 is 2.00 bits per heavy atom. The number of methoxy groups -OCH3 is 1. The number of nitrogens with zero attached hydrogens (tertiary/aromatic N) is 1. The molecule has 3 rings (SSSR count). The molecule has 2 heterocycles. The highest BCUT2D eigenvalue weighted by atomic mass is 35.5. The molecule has 1 aromatic carbocycles. The second kappa shape index (κ2) is 9.30. The predicted octanol–water partition coefficient (Wildman–Crippen LogP) is 2.23. The van der Waals surface area contributed by atoms with Gasteiger partial charge in [-0.25, -0.2) is 0 Å². The standard InChI is InChI=1S/C20H22ClNO7/c1-27-18(25)10-14(12-2-3-16(23)15(21)8-12)20-19(26)17(24)9-13(29-20)11-22-4-6-28-7-5-22/h2-3,8-9,14,23,26H,4-7,10-11H2,1H3/t14-/m1/s1. The lowest BCUT2D eigenvalue weighted by Crippen LogP contribution is -2.35. The molecule has 2 aromatic rings. The van der Waals surface area contributed by atoms with E-state index in [0.717, 1.165) is 0 Å². The van der Waals surface area contributed by atoms with E-state index in [0.29, 0.717) is 44.2 Å². The van der Waals surface area contributed by atoms with E-state index in [4.69, 9.17) is 25.5 Å². The van der Waals surface area contributed by atoms with Crippen LogP contribution in [0.25, 0.3) is 0 Å². The third-order valence-corrected chi connectivity index (χ3v) is 5.07. The van der Waals surface area contributed by atoms with Crippen LogP contribution < -0.4 is 5.43 Å². The van der Waals surface area contributed by atoms with Crippen LogP contribution in [0.15, 0.2) is 33.5 Å². The fourth-order valence-corrected chi connectivity index (χ4v) is 3.39. The van der Waals surface area contributed by atoms with Crippen molar-refractivity contribution in [1.29, 1.82) is 0 Å². The zero-order valence-corrected chi connectivity index (χ0v) is 16.6. The zero-order chi connectivity index (χ0) is 21.0. The number of phenols is 1. The van der Waals surface area contributed by atoms with Crippen molar-refractivity contribution in [3.63, 3.8) is 0 Å². The first-order valence-electron chi connectivity index (χ1n) is 9.10. The molecule has 0 radical (unpaired) electrons. The molecule has 0 bridgehead atoms. The highest BCUT2D eigenvalue weighted by Crippen LogP contribution is 2.36. The minimum absolute atomic E-state index is 0.0482. The smallest absolute Gasteiger partial charge is 0.306 e. The predicted molar refractivity (Wildman–Crippen MR) is 104 cm³/mol. The molecule has 156 valence electrons. The Balaban J connectivity index is 2.02. The molecule has 0 aliphatic carbocycles. The Hall–Kier alpha value is -2.55. The van der Waals surface area contributed by atoms with Crippen LogP contribution >= 0.6 is 11.6 Å². The van der Waals surface area contributed by atoms with Crippen LogP contribution in [-0.4, -0.2) is 54.5 Å². The summed E-state index contributed by atoms with van der Waals surface area (Å²) >= 11 is 6.01. The molecule has 0 amide bonds. The van der Waals surface area contributed by atoms with Gasteiger partial charge < -0.3 is 24.1 Å². The number of carbonyl (C=O) groups is 1. The van der Waals surface area contributed by atoms with E-state index in [1.165, 1.54) is 25.3 Å². The van der Waals surface area contributed by atoms with Gasteiger partial charge in [0.1, 0.15) is 11.5 Å². The van der Waals surface area contributed by atoms with Crippen LogP contribution in [0.2, 0.25) is 5.02 Å². The summed E-state index contributed by atoms with van der Waals surface area (Å²) < 4.78 is 16.0. The molecule has 1 aliphatic rings. The van der Waals surface area contributed by atoms with Gasteiger partial charge in [-0.3, -0.25) is 14.5 Å². The first kappa shape index (κ1) is 21.2. The van der Waals surface area contributed by atoms with Gasteiger partial charge in [0.05, 0.1) is 44.2 Å². The van der Waals surface area contributed by atoms with Crippen LogP contribution in [-0.2, 0) is 20.8 Å². The van der Waals surface area contributed by atoms with Gasteiger partial charge >= 0.3 is 5.97 Å². The summed E-state index contributed by atoms with van der Waals surface area (Å²) in [7, 11) is 1.24. The van der Waals surface area contributed by atoms with Crippen molar-refractivity contribution in [2.75, 3.05) is 33.4 Å². The molecule has 1 atom stereocenters. The Labute approximate surface area is 172 Å². The summed E-state index contributed by atoms with van der Waals surface area (Å²) in [4.78, 5) is 26.4. The van der Waals surface area contributed by atoms with Crippen LogP contribution in [0, 0.1) is 0 Å². The number of halogens is 1. The summed E-state index contributed by atoms with van der Waals surface area (Å²) in [5.41, 5.74) is -0.116. The molecule has 0 saturated carbocycles. The highest BCUT2D eigenvalue weighted by Gasteiger charge is 2.27. The maximum absolute atomic E-state index is 12.4. The van der Waals surface area contributed by atoms with Gasteiger partial charge in [0.25, 0.3) is 0 Å². The van der Waals surface area contributed by atoms with E-state index in [1.54, 1.807) is 6.07 Å². The lowest BCUT2D eigenvalue weighted by Gasteiger charge is -2.26. The SMILES string of the molecule is COC(=O)C[C@H](c1ccc(O)c(Cl)c1)c1oc(CN2CCOCC2)cc(=O)c1O.